The summed E-state index contributed by atoms with van der Waals surface area (Å²) in [5.74, 6) is 0.158. The molecule has 7 heteroatoms. The average Bonchev–Trinajstić information content (AvgIpc) is 2.73. The lowest BCUT2D eigenvalue weighted by atomic mass is 10.0. The number of phenols is 3. The van der Waals surface area contributed by atoms with Gasteiger partial charge in [0, 0.05) is 22.9 Å². The van der Waals surface area contributed by atoms with Crippen LogP contribution in [0, 0.1) is 0 Å². The Morgan fingerprint density at radius 2 is 1.24 bits per heavy atom. The van der Waals surface area contributed by atoms with Crippen LogP contribution in [0.4, 0.5) is 0 Å². The van der Waals surface area contributed by atoms with Gasteiger partial charge in [0.1, 0.15) is 23.0 Å². The molecular formula is C22H19N3O3S. The Bertz CT molecular complexity index is 1050. The molecular weight excluding hydrogens is 386 g/mol. The predicted molar refractivity (Wildman–Crippen MR) is 119 cm³/mol. The highest BCUT2D eigenvalue weighted by Gasteiger charge is 2.15. The molecule has 6 nitrogen and oxygen atoms in total. The zero-order chi connectivity index (χ0) is 20.6. The van der Waals surface area contributed by atoms with E-state index in [1.165, 1.54) is 18.0 Å². The lowest BCUT2D eigenvalue weighted by Gasteiger charge is -2.09. The van der Waals surface area contributed by atoms with Gasteiger partial charge in [0.2, 0.25) is 5.17 Å². The van der Waals surface area contributed by atoms with E-state index >= 15 is 0 Å². The van der Waals surface area contributed by atoms with Gasteiger partial charge in [0.25, 0.3) is 0 Å². The molecule has 0 aliphatic heterocycles. The summed E-state index contributed by atoms with van der Waals surface area (Å²) in [7, 11) is 0. The van der Waals surface area contributed by atoms with Gasteiger partial charge in [0.15, 0.2) is 0 Å². The molecule has 3 aromatic rings. The van der Waals surface area contributed by atoms with Crippen molar-refractivity contribution in [3.05, 3.63) is 89.5 Å². The number of hydrogen-bond acceptors (Lipinski definition) is 6. The third-order valence-electron chi connectivity index (χ3n) is 3.99. The van der Waals surface area contributed by atoms with E-state index in [1.807, 2.05) is 0 Å². The van der Waals surface area contributed by atoms with Gasteiger partial charge in [-0.05, 0) is 42.7 Å². The van der Waals surface area contributed by atoms with Crippen molar-refractivity contribution in [2.45, 2.75) is 0 Å². The number of phenolic OH excluding ortho intramolecular Hbond substituents is 3. The highest BCUT2D eigenvalue weighted by atomic mass is 32.2. The number of aromatic hydroxyl groups is 3. The average molecular weight is 405 g/mol. The van der Waals surface area contributed by atoms with Crippen LogP contribution in [0.25, 0.3) is 0 Å². The topological polar surface area (TPSA) is 97.8 Å². The van der Waals surface area contributed by atoms with Crippen molar-refractivity contribution in [1.82, 2.24) is 0 Å². The lowest BCUT2D eigenvalue weighted by Crippen LogP contribution is -2.04. The molecule has 146 valence electrons. The van der Waals surface area contributed by atoms with Crippen molar-refractivity contribution in [2.75, 3.05) is 6.26 Å². The van der Waals surface area contributed by atoms with Crippen LogP contribution in [-0.2, 0) is 0 Å². The summed E-state index contributed by atoms with van der Waals surface area (Å²) in [6, 6.07) is 20.2. The van der Waals surface area contributed by atoms with E-state index in [0.717, 1.165) is 0 Å². The Morgan fingerprint density at radius 3 is 1.76 bits per heavy atom. The smallest absolute Gasteiger partial charge is 0.208 e. The lowest BCUT2D eigenvalue weighted by molar-refractivity contribution is 0.472. The largest absolute Gasteiger partial charge is 0.507 e. The molecule has 0 atom stereocenters. The number of thioether (sulfide) groups is 1. The van der Waals surface area contributed by atoms with Crippen LogP contribution in [0.5, 0.6) is 17.2 Å². The molecule has 0 aromatic heterocycles. The Hall–Kier alpha value is -3.58. The molecule has 3 N–H and O–H groups in total. The van der Waals surface area contributed by atoms with Crippen LogP contribution in [0.2, 0.25) is 0 Å². The van der Waals surface area contributed by atoms with Gasteiger partial charge in [-0.15, -0.1) is 10.2 Å². The van der Waals surface area contributed by atoms with Crippen molar-refractivity contribution in [3.63, 3.8) is 0 Å². The van der Waals surface area contributed by atoms with Gasteiger partial charge in [-0.3, -0.25) is 0 Å². The molecule has 0 saturated carbocycles. The first-order valence-electron chi connectivity index (χ1n) is 8.68. The summed E-state index contributed by atoms with van der Waals surface area (Å²) < 4.78 is 0. The maximum atomic E-state index is 10.3. The number of aliphatic imine (C=N–C) groups is 1. The molecule has 3 rings (SSSR count). The highest BCUT2D eigenvalue weighted by Crippen LogP contribution is 2.26. The van der Waals surface area contributed by atoms with Crippen LogP contribution >= 0.6 is 11.8 Å². The van der Waals surface area contributed by atoms with Crippen LogP contribution in [0.3, 0.4) is 0 Å². The Kier molecular flexibility index (Phi) is 6.65. The number of para-hydroxylation sites is 3. The van der Waals surface area contributed by atoms with Gasteiger partial charge in [-0.1, -0.05) is 48.2 Å². The zero-order valence-corrected chi connectivity index (χ0v) is 16.4. The predicted octanol–water partition coefficient (Wildman–Crippen LogP) is 4.39. The molecule has 0 spiro atoms. The summed E-state index contributed by atoms with van der Waals surface area (Å²) >= 11 is 1.27. The third kappa shape index (κ3) is 5.03. The van der Waals surface area contributed by atoms with E-state index in [-0.39, 0.29) is 17.2 Å². The van der Waals surface area contributed by atoms with Crippen LogP contribution in [0.15, 0.2) is 88.0 Å². The second kappa shape index (κ2) is 9.57. The number of hydrogen-bond donors (Lipinski definition) is 3. The zero-order valence-electron chi connectivity index (χ0n) is 15.6. The molecule has 0 aliphatic carbocycles. The van der Waals surface area contributed by atoms with E-state index in [0.29, 0.717) is 27.6 Å². The summed E-state index contributed by atoms with van der Waals surface area (Å²) in [6.07, 6.45) is 3.30. The summed E-state index contributed by atoms with van der Waals surface area (Å²) in [5, 5.41) is 39.2. The second-order valence-corrected chi connectivity index (χ2v) is 6.66. The Balaban J connectivity index is 2.04. The summed E-state index contributed by atoms with van der Waals surface area (Å²) in [5.41, 5.74) is 1.73. The summed E-state index contributed by atoms with van der Waals surface area (Å²) in [6.45, 7) is 0. The van der Waals surface area contributed by atoms with Crippen molar-refractivity contribution in [1.29, 1.82) is 0 Å². The van der Waals surface area contributed by atoms with Gasteiger partial charge in [-0.2, -0.15) is 0 Å². The molecule has 0 aliphatic rings. The second-order valence-electron chi connectivity index (χ2n) is 5.89. The third-order valence-corrected chi connectivity index (χ3v) is 4.54. The summed E-state index contributed by atoms with van der Waals surface area (Å²) in [4.78, 5) is 4.27. The van der Waals surface area contributed by atoms with E-state index < -0.39 is 0 Å². The molecule has 0 saturated heterocycles. The van der Waals surface area contributed by atoms with Crippen molar-refractivity contribution < 1.29 is 15.3 Å². The van der Waals surface area contributed by atoms with Crippen molar-refractivity contribution in [2.24, 2.45) is 15.2 Å². The molecule has 0 heterocycles. The number of rotatable bonds is 4. The van der Waals surface area contributed by atoms with Gasteiger partial charge < -0.3 is 15.3 Å². The standard InChI is InChI=1S/C22H19N3O3S/c1-29-22(23-14-15-8-2-5-11-18(15)26)25-24-21(16-9-3-6-12-19(16)27)17-10-4-7-13-20(17)28/h2-14,26-28H,1H3/b23-14+,25-22-. The minimum atomic E-state index is 0.0214. The quantitative estimate of drug-likeness (QED) is 0.341. The van der Waals surface area contributed by atoms with E-state index in [9.17, 15) is 15.3 Å². The van der Waals surface area contributed by atoms with E-state index in [2.05, 4.69) is 15.2 Å². The number of nitrogens with zero attached hydrogens (tertiary/aromatic N) is 3. The molecule has 0 bridgehead atoms. The molecule has 0 amide bonds. The maximum absolute atomic E-state index is 10.3. The number of amidine groups is 1. The SMILES string of the molecule is CSC(=N\N=C(c1ccccc1O)c1ccccc1O)/N=C/c1ccccc1O. The first kappa shape index (κ1) is 20.2. The number of benzene rings is 3. The minimum absolute atomic E-state index is 0.0214. The fraction of sp³-hybridized carbons (Fsp3) is 0.0455. The van der Waals surface area contributed by atoms with E-state index in [4.69, 9.17) is 0 Å². The van der Waals surface area contributed by atoms with Gasteiger partial charge in [-0.25, -0.2) is 4.99 Å². The first-order valence-corrected chi connectivity index (χ1v) is 9.91. The maximum Gasteiger partial charge on any atom is 0.208 e. The molecule has 0 radical (unpaired) electrons. The highest BCUT2D eigenvalue weighted by molar-refractivity contribution is 8.13. The fourth-order valence-electron chi connectivity index (χ4n) is 2.53. The van der Waals surface area contributed by atoms with Gasteiger partial charge >= 0.3 is 0 Å². The monoisotopic (exact) mass is 405 g/mol. The molecule has 0 fully saturated rings. The Labute approximate surface area is 172 Å². The van der Waals surface area contributed by atoms with Crippen LogP contribution in [-0.4, -0.2) is 38.7 Å². The van der Waals surface area contributed by atoms with Crippen molar-refractivity contribution >= 4 is 28.9 Å². The van der Waals surface area contributed by atoms with Crippen LogP contribution in [0.1, 0.15) is 16.7 Å². The van der Waals surface area contributed by atoms with Gasteiger partial charge in [0.05, 0.1) is 0 Å². The van der Waals surface area contributed by atoms with E-state index in [1.54, 1.807) is 79.1 Å². The minimum Gasteiger partial charge on any atom is -0.507 e. The first-order chi connectivity index (χ1) is 14.1. The molecule has 0 unspecified atom stereocenters. The van der Waals surface area contributed by atoms with Crippen LogP contribution < -0.4 is 0 Å². The molecule has 29 heavy (non-hydrogen) atoms. The normalized spacial score (nSPS) is 11.6. The molecule has 3 aromatic carbocycles. The fourth-order valence-corrected chi connectivity index (χ4v) is 2.81. The van der Waals surface area contributed by atoms with Crippen molar-refractivity contribution in [3.8, 4) is 17.2 Å². The Morgan fingerprint density at radius 1 is 0.724 bits per heavy atom.